The molecule has 0 radical (unpaired) electrons. The number of esters is 2. The summed E-state index contributed by atoms with van der Waals surface area (Å²) < 4.78 is 23.4. The van der Waals surface area contributed by atoms with Gasteiger partial charge in [0.1, 0.15) is 11.9 Å². The molecule has 7 nitrogen and oxygen atoms in total. The highest BCUT2D eigenvalue weighted by Crippen LogP contribution is 2.28. The number of benzene rings is 2. The number of hydrogen-bond acceptors (Lipinski definition) is 7. The molecule has 0 spiro atoms. The lowest BCUT2D eigenvalue weighted by molar-refractivity contribution is -0.272. The molecule has 0 bridgehead atoms. The minimum atomic E-state index is -0.846. The summed E-state index contributed by atoms with van der Waals surface area (Å²) in [5.74, 6) is -0.918. The molecule has 0 saturated carbocycles. The molecular formula is C26H30O7. The molecule has 1 heterocycles. The number of ketones is 1. The molecule has 0 amide bonds. The Hall–Kier alpha value is -3.03. The minimum Gasteiger partial charge on any atom is -0.456 e. The average Bonchev–Trinajstić information content (AvgIpc) is 2.81. The van der Waals surface area contributed by atoms with Gasteiger partial charge in [-0.1, -0.05) is 36.4 Å². The standard InChI is InChI=1S/C26H30O7/c1-17(27)14-15-18(2)30-26-23(33-25(29)21-12-8-5-9-13-21)16-22(19(3)31-26)32-24(28)20-10-6-4-7-11-20/h4-13,18-19,22-23,26H,14-16H2,1-3H3/t18-,19+,22-,23-,26-/m1/s1. The molecule has 0 aliphatic carbocycles. The van der Waals surface area contributed by atoms with E-state index in [0.29, 0.717) is 24.0 Å². The maximum Gasteiger partial charge on any atom is 0.338 e. The van der Waals surface area contributed by atoms with Gasteiger partial charge < -0.3 is 23.7 Å². The Morgan fingerprint density at radius 2 is 1.42 bits per heavy atom. The third kappa shape index (κ3) is 7.23. The van der Waals surface area contributed by atoms with Gasteiger partial charge in [-0.05, 0) is 51.5 Å². The lowest BCUT2D eigenvalue weighted by atomic mass is 10.0. The Bertz CT molecular complexity index is 928. The van der Waals surface area contributed by atoms with Gasteiger partial charge in [-0.2, -0.15) is 0 Å². The van der Waals surface area contributed by atoms with Gasteiger partial charge in [0.05, 0.1) is 23.3 Å². The van der Waals surface area contributed by atoms with E-state index in [1.54, 1.807) is 55.5 Å². The second-order valence-corrected chi connectivity index (χ2v) is 8.25. The first-order valence-electron chi connectivity index (χ1n) is 11.2. The molecule has 1 saturated heterocycles. The van der Waals surface area contributed by atoms with Gasteiger partial charge in [0.2, 0.25) is 0 Å². The zero-order chi connectivity index (χ0) is 23.8. The summed E-state index contributed by atoms with van der Waals surface area (Å²) in [7, 11) is 0. The molecule has 3 rings (SSSR count). The maximum atomic E-state index is 12.7. The number of Topliss-reactive ketones (excluding diaryl/α,β-unsaturated/α-hetero) is 1. The van der Waals surface area contributed by atoms with E-state index < -0.39 is 36.5 Å². The fourth-order valence-corrected chi connectivity index (χ4v) is 3.55. The summed E-state index contributed by atoms with van der Waals surface area (Å²) in [6.07, 6.45) is -1.89. The summed E-state index contributed by atoms with van der Waals surface area (Å²) in [4.78, 5) is 36.6. The van der Waals surface area contributed by atoms with Gasteiger partial charge in [0.25, 0.3) is 0 Å². The van der Waals surface area contributed by atoms with E-state index in [2.05, 4.69) is 0 Å². The highest BCUT2D eigenvalue weighted by atomic mass is 16.7. The first-order chi connectivity index (χ1) is 15.8. The first kappa shape index (κ1) is 24.6. The molecule has 1 aliphatic heterocycles. The van der Waals surface area contributed by atoms with Crippen LogP contribution in [0.25, 0.3) is 0 Å². The Labute approximate surface area is 194 Å². The second kappa shape index (κ2) is 11.7. The van der Waals surface area contributed by atoms with E-state index in [4.69, 9.17) is 18.9 Å². The highest BCUT2D eigenvalue weighted by Gasteiger charge is 2.42. The predicted octanol–water partition coefficient (Wildman–Crippen LogP) is 4.35. The molecule has 2 aromatic carbocycles. The predicted molar refractivity (Wildman–Crippen MR) is 121 cm³/mol. The van der Waals surface area contributed by atoms with Crippen molar-refractivity contribution < 1.29 is 33.3 Å². The summed E-state index contributed by atoms with van der Waals surface area (Å²) >= 11 is 0. The van der Waals surface area contributed by atoms with E-state index in [1.165, 1.54) is 6.92 Å². The molecule has 0 N–H and O–H groups in total. The number of ether oxygens (including phenoxy) is 4. The van der Waals surface area contributed by atoms with Crippen molar-refractivity contribution in [2.24, 2.45) is 0 Å². The third-order valence-corrected chi connectivity index (χ3v) is 5.45. The van der Waals surface area contributed by atoms with Gasteiger partial charge in [-0.25, -0.2) is 9.59 Å². The molecule has 2 aromatic rings. The highest BCUT2D eigenvalue weighted by molar-refractivity contribution is 5.90. The molecule has 33 heavy (non-hydrogen) atoms. The van der Waals surface area contributed by atoms with Crippen LogP contribution in [0.2, 0.25) is 0 Å². The number of carbonyl (C=O) groups is 3. The van der Waals surface area contributed by atoms with Crippen LogP contribution in [-0.4, -0.2) is 48.4 Å². The van der Waals surface area contributed by atoms with E-state index >= 15 is 0 Å². The molecular weight excluding hydrogens is 424 g/mol. The van der Waals surface area contributed by atoms with Crippen LogP contribution in [0.1, 0.15) is 60.7 Å². The molecule has 0 unspecified atom stereocenters. The maximum absolute atomic E-state index is 12.7. The normalized spacial score (nSPS) is 23.4. The molecule has 7 heteroatoms. The van der Waals surface area contributed by atoms with Crippen molar-refractivity contribution in [2.45, 2.75) is 70.7 Å². The first-order valence-corrected chi connectivity index (χ1v) is 11.2. The Balaban J connectivity index is 1.71. The Morgan fingerprint density at radius 3 is 1.94 bits per heavy atom. The lowest BCUT2D eigenvalue weighted by Gasteiger charge is -2.39. The van der Waals surface area contributed by atoms with Crippen molar-refractivity contribution in [3.63, 3.8) is 0 Å². The van der Waals surface area contributed by atoms with Crippen molar-refractivity contribution in [1.82, 2.24) is 0 Å². The van der Waals surface area contributed by atoms with Crippen LogP contribution in [-0.2, 0) is 23.7 Å². The van der Waals surface area contributed by atoms with Crippen LogP contribution in [0.5, 0.6) is 0 Å². The fourth-order valence-electron chi connectivity index (χ4n) is 3.55. The zero-order valence-corrected chi connectivity index (χ0v) is 19.1. The minimum absolute atomic E-state index is 0.0725. The van der Waals surface area contributed by atoms with Gasteiger partial charge in [0, 0.05) is 12.8 Å². The van der Waals surface area contributed by atoms with Crippen LogP contribution in [0, 0.1) is 0 Å². The smallest absolute Gasteiger partial charge is 0.338 e. The summed E-state index contributed by atoms with van der Waals surface area (Å²) in [6.45, 7) is 5.16. The monoisotopic (exact) mass is 454 g/mol. The fraction of sp³-hybridized carbons (Fsp3) is 0.423. The number of rotatable bonds is 9. The van der Waals surface area contributed by atoms with Crippen LogP contribution < -0.4 is 0 Å². The van der Waals surface area contributed by atoms with Gasteiger partial charge in [-0.15, -0.1) is 0 Å². The van der Waals surface area contributed by atoms with Crippen molar-refractivity contribution in [2.75, 3.05) is 0 Å². The molecule has 1 fully saturated rings. The molecule has 5 atom stereocenters. The van der Waals surface area contributed by atoms with Crippen LogP contribution >= 0.6 is 0 Å². The summed E-state index contributed by atoms with van der Waals surface area (Å²) in [5.41, 5.74) is 0.830. The largest absolute Gasteiger partial charge is 0.456 e. The van der Waals surface area contributed by atoms with Crippen molar-refractivity contribution in [3.05, 3.63) is 71.8 Å². The van der Waals surface area contributed by atoms with Crippen LogP contribution in [0.15, 0.2) is 60.7 Å². The Morgan fingerprint density at radius 1 is 0.909 bits per heavy atom. The van der Waals surface area contributed by atoms with Crippen LogP contribution in [0.4, 0.5) is 0 Å². The van der Waals surface area contributed by atoms with Gasteiger partial charge in [-0.3, -0.25) is 0 Å². The molecule has 0 aromatic heterocycles. The van der Waals surface area contributed by atoms with E-state index in [9.17, 15) is 14.4 Å². The quantitative estimate of drug-likeness (QED) is 0.521. The topological polar surface area (TPSA) is 88.1 Å². The van der Waals surface area contributed by atoms with E-state index in [-0.39, 0.29) is 18.3 Å². The molecule has 1 aliphatic rings. The SMILES string of the molecule is CC(=O)CC[C@@H](C)O[C@@H]1O[C@@H](C)[C@H](OC(=O)c2ccccc2)C[C@H]1OC(=O)c1ccccc1. The second-order valence-electron chi connectivity index (χ2n) is 8.25. The average molecular weight is 455 g/mol. The number of hydrogen-bond donors (Lipinski definition) is 0. The van der Waals surface area contributed by atoms with Gasteiger partial charge >= 0.3 is 11.9 Å². The summed E-state index contributed by atoms with van der Waals surface area (Å²) in [5, 5.41) is 0. The van der Waals surface area contributed by atoms with E-state index in [0.717, 1.165) is 0 Å². The van der Waals surface area contributed by atoms with E-state index in [1.807, 2.05) is 19.1 Å². The van der Waals surface area contributed by atoms with Gasteiger partial charge in [0.15, 0.2) is 12.4 Å². The van der Waals surface area contributed by atoms with Crippen molar-refractivity contribution >= 4 is 17.7 Å². The third-order valence-electron chi connectivity index (χ3n) is 5.45. The Kier molecular flexibility index (Phi) is 8.74. The number of carbonyl (C=O) groups excluding carboxylic acids is 3. The lowest BCUT2D eigenvalue weighted by Crippen LogP contribution is -2.51. The molecule has 176 valence electrons. The summed E-state index contributed by atoms with van der Waals surface area (Å²) in [6, 6.07) is 17.3. The van der Waals surface area contributed by atoms with Crippen LogP contribution in [0.3, 0.4) is 0 Å². The van der Waals surface area contributed by atoms with Crippen molar-refractivity contribution in [1.29, 1.82) is 0 Å². The van der Waals surface area contributed by atoms with Crippen molar-refractivity contribution in [3.8, 4) is 0 Å². The zero-order valence-electron chi connectivity index (χ0n) is 19.1.